The van der Waals surface area contributed by atoms with Crippen LogP contribution in [-0.4, -0.2) is 10.9 Å². The van der Waals surface area contributed by atoms with Crippen LogP contribution < -0.4 is 11.1 Å². The van der Waals surface area contributed by atoms with Crippen molar-refractivity contribution in [3.05, 3.63) is 54.1 Å². The second-order valence-electron chi connectivity index (χ2n) is 3.82. The lowest BCUT2D eigenvalue weighted by Crippen LogP contribution is -2.15. The lowest BCUT2D eigenvalue weighted by Gasteiger charge is -2.08. The quantitative estimate of drug-likeness (QED) is 0.812. The number of nitrogens with two attached hydrogens (primary N) is 1. The molecule has 0 aliphatic carbocycles. The van der Waals surface area contributed by atoms with Crippen LogP contribution in [0.25, 0.3) is 0 Å². The van der Waals surface area contributed by atoms with Gasteiger partial charge in [0, 0.05) is 12.4 Å². The van der Waals surface area contributed by atoms with Crippen molar-refractivity contribution in [2.24, 2.45) is 0 Å². The van der Waals surface area contributed by atoms with Crippen molar-refractivity contribution in [3.8, 4) is 0 Å². The molecule has 0 aliphatic heterocycles. The maximum absolute atomic E-state index is 13.0. The summed E-state index contributed by atoms with van der Waals surface area (Å²) < 4.78 is 13.0. The summed E-state index contributed by atoms with van der Waals surface area (Å²) in [5, 5.41) is 2.57. The average molecular weight is 245 g/mol. The first-order chi connectivity index (χ1) is 8.65. The standard InChI is InChI=1S/C13H12FN3O/c14-10-3-4-11(15)12(7-10)17-13(18)6-9-2-1-5-16-8-9/h1-5,7-8H,6,15H2,(H,17,18). The predicted molar refractivity (Wildman–Crippen MR) is 67.4 cm³/mol. The summed E-state index contributed by atoms with van der Waals surface area (Å²) in [6.45, 7) is 0. The first-order valence-corrected chi connectivity index (χ1v) is 5.39. The lowest BCUT2D eigenvalue weighted by atomic mass is 10.2. The maximum atomic E-state index is 13.0. The van der Waals surface area contributed by atoms with E-state index in [2.05, 4.69) is 10.3 Å². The highest BCUT2D eigenvalue weighted by atomic mass is 19.1. The van der Waals surface area contributed by atoms with Gasteiger partial charge in [-0.05, 0) is 29.8 Å². The Kier molecular flexibility index (Phi) is 3.52. The monoisotopic (exact) mass is 245 g/mol. The van der Waals surface area contributed by atoms with Crippen molar-refractivity contribution in [2.75, 3.05) is 11.1 Å². The highest BCUT2D eigenvalue weighted by Gasteiger charge is 2.07. The third-order valence-corrected chi connectivity index (χ3v) is 2.38. The summed E-state index contributed by atoms with van der Waals surface area (Å²) in [7, 11) is 0. The van der Waals surface area contributed by atoms with Gasteiger partial charge in [0.1, 0.15) is 5.82 Å². The van der Waals surface area contributed by atoms with Crippen LogP contribution >= 0.6 is 0 Å². The van der Waals surface area contributed by atoms with Crippen LogP contribution in [0.4, 0.5) is 15.8 Å². The topological polar surface area (TPSA) is 68.0 Å². The molecular formula is C13H12FN3O. The van der Waals surface area contributed by atoms with Gasteiger partial charge in [-0.1, -0.05) is 6.07 Å². The molecule has 4 nitrogen and oxygen atoms in total. The van der Waals surface area contributed by atoms with E-state index in [1.54, 1.807) is 24.5 Å². The van der Waals surface area contributed by atoms with E-state index in [1.807, 2.05) is 0 Å². The fourth-order valence-corrected chi connectivity index (χ4v) is 1.52. The number of nitrogen functional groups attached to an aromatic ring is 1. The van der Waals surface area contributed by atoms with Crippen LogP contribution in [-0.2, 0) is 11.2 Å². The van der Waals surface area contributed by atoms with Crippen molar-refractivity contribution in [1.29, 1.82) is 0 Å². The Morgan fingerprint density at radius 1 is 1.39 bits per heavy atom. The van der Waals surface area contributed by atoms with Crippen LogP contribution in [0.5, 0.6) is 0 Å². The molecule has 1 aromatic heterocycles. The fraction of sp³-hybridized carbons (Fsp3) is 0.0769. The number of pyridine rings is 1. The average Bonchev–Trinajstić information content (AvgIpc) is 2.35. The number of carbonyl (C=O) groups is 1. The van der Waals surface area contributed by atoms with E-state index in [9.17, 15) is 9.18 Å². The van der Waals surface area contributed by atoms with Gasteiger partial charge in [0.15, 0.2) is 0 Å². The number of rotatable bonds is 3. The molecule has 92 valence electrons. The van der Waals surface area contributed by atoms with E-state index >= 15 is 0 Å². The van der Waals surface area contributed by atoms with Gasteiger partial charge in [-0.15, -0.1) is 0 Å². The van der Waals surface area contributed by atoms with E-state index in [0.717, 1.165) is 5.56 Å². The number of anilines is 2. The van der Waals surface area contributed by atoms with Crippen molar-refractivity contribution < 1.29 is 9.18 Å². The van der Waals surface area contributed by atoms with E-state index in [0.29, 0.717) is 5.69 Å². The number of amides is 1. The molecule has 0 bridgehead atoms. The van der Waals surface area contributed by atoms with Gasteiger partial charge in [-0.2, -0.15) is 0 Å². The first kappa shape index (κ1) is 12.0. The second-order valence-corrected chi connectivity index (χ2v) is 3.82. The minimum atomic E-state index is -0.444. The zero-order chi connectivity index (χ0) is 13.0. The molecule has 0 unspecified atom stereocenters. The minimum absolute atomic E-state index is 0.170. The van der Waals surface area contributed by atoms with Gasteiger partial charge in [0.25, 0.3) is 0 Å². The third-order valence-electron chi connectivity index (χ3n) is 2.38. The van der Waals surface area contributed by atoms with Gasteiger partial charge >= 0.3 is 0 Å². The van der Waals surface area contributed by atoms with Crippen molar-refractivity contribution in [2.45, 2.75) is 6.42 Å². The largest absolute Gasteiger partial charge is 0.397 e. The smallest absolute Gasteiger partial charge is 0.228 e. The van der Waals surface area contributed by atoms with E-state index in [-0.39, 0.29) is 18.0 Å². The van der Waals surface area contributed by atoms with Crippen LogP contribution in [0.1, 0.15) is 5.56 Å². The molecule has 0 fully saturated rings. The van der Waals surface area contributed by atoms with Gasteiger partial charge < -0.3 is 11.1 Å². The number of nitrogens with zero attached hydrogens (tertiary/aromatic N) is 1. The fourth-order valence-electron chi connectivity index (χ4n) is 1.52. The molecule has 0 aliphatic rings. The number of halogens is 1. The highest BCUT2D eigenvalue weighted by molar-refractivity contribution is 5.94. The molecule has 3 N–H and O–H groups in total. The minimum Gasteiger partial charge on any atom is -0.397 e. The number of aromatic nitrogens is 1. The van der Waals surface area contributed by atoms with Gasteiger partial charge in [-0.25, -0.2) is 4.39 Å². The molecule has 2 aromatic rings. The Labute approximate surface area is 104 Å². The Balaban J connectivity index is 2.05. The number of benzene rings is 1. The van der Waals surface area contributed by atoms with E-state index in [4.69, 9.17) is 5.73 Å². The van der Waals surface area contributed by atoms with Crippen LogP contribution in [0.3, 0.4) is 0 Å². The van der Waals surface area contributed by atoms with E-state index in [1.165, 1.54) is 18.2 Å². The molecule has 2 rings (SSSR count). The molecule has 18 heavy (non-hydrogen) atoms. The Morgan fingerprint density at radius 3 is 2.94 bits per heavy atom. The molecule has 5 heteroatoms. The van der Waals surface area contributed by atoms with Crippen molar-refractivity contribution in [3.63, 3.8) is 0 Å². The van der Waals surface area contributed by atoms with E-state index < -0.39 is 5.82 Å². The van der Waals surface area contributed by atoms with Crippen LogP contribution in [0.15, 0.2) is 42.7 Å². The summed E-state index contributed by atoms with van der Waals surface area (Å²) in [6.07, 6.45) is 3.41. The van der Waals surface area contributed by atoms with Gasteiger partial charge in [0.05, 0.1) is 17.8 Å². The number of hydrogen-bond acceptors (Lipinski definition) is 3. The zero-order valence-corrected chi connectivity index (χ0v) is 9.56. The Bertz CT molecular complexity index is 557. The maximum Gasteiger partial charge on any atom is 0.228 e. The Morgan fingerprint density at radius 2 is 2.22 bits per heavy atom. The molecule has 1 heterocycles. The zero-order valence-electron chi connectivity index (χ0n) is 9.56. The van der Waals surface area contributed by atoms with Gasteiger partial charge in [0.2, 0.25) is 5.91 Å². The molecule has 0 radical (unpaired) electrons. The highest BCUT2D eigenvalue weighted by Crippen LogP contribution is 2.19. The Hall–Kier alpha value is -2.43. The third kappa shape index (κ3) is 3.04. The summed E-state index contributed by atoms with van der Waals surface area (Å²) in [4.78, 5) is 15.6. The van der Waals surface area contributed by atoms with Crippen LogP contribution in [0.2, 0.25) is 0 Å². The van der Waals surface area contributed by atoms with Crippen LogP contribution in [0, 0.1) is 5.82 Å². The first-order valence-electron chi connectivity index (χ1n) is 5.39. The molecule has 1 amide bonds. The molecule has 0 atom stereocenters. The SMILES string of the molecule is Nc1ccc(F)cc1NC(=O)Cc1cccnc1. The lowest BCUT2D eigenvalue weighted by molar-refractivity contribution is -0.115. The number of carbonyl (C=O) groups excluding carboxylic acids is 1. The van der Waals surface area contributed by atoms with Crippen molar-refractivity contribution >= 4 is 17.3 Å². The predicted octanol–water partition coefficient (Wildman–Crippen LogP) is 1.98. The normalized spacial score (nSPS) is 10.1. The van der Waals surface area contributed by atoms with Crippen molar-refractivity contribution in [1.82, 2.24) is 4.98 Å². The summed E-state index contributed by atoms with van der Waals surface area (Å²) in [6, 6.07) is 7.39. The molecular weight excluding hydrogens is 233 g/mol. The molecule has 0 saturated heterocycles. The summed E-state index contributed by atoms with van der Waals surface area (Å²) in [5.41, 5.74) is 7.03. The van der Waals surface area contributed by atoms with Gasteiger partial charge in [-0.3, -0.25) is 9.78 Å². The number of hydrogen-bond donors (Lipinski definition) is 2. The summed E-state index contributed by atoms with van der Waals surface area (Å²) in [5.74, 6) is -0.707. The second kappa shape index (κ2) is 5.27. The molecule has 0 saturated carbocycles. The molecule has 1 aromatic carbocycles. The summed E-state index contributed by atoms with van der Waals surface area (Å²) >= 11 is 0. The number of nitrogens with one attached hydrogen (secondary N) is 1. The molecule has 0 spiro atoms.